The maximum absolute atomic E-state index is 13.8. The van der Waals surface area contributed by atoms with Crippen LogP contribution in [0.3, 0.4) is 0 Å². The summed E-state index contributed by atoms with van der Waals surface area (Å²) in [6.45, 7) is 1.46. The van der Waals surface area contributed by atoms with Crippen molar-refractivity contribution < 1.29 is 23.8 Å². The lowest BCUT2D eigenvalue weighted by molar-refractivity contribution is -0.120. The van der Waals surface area contributed by atoms with E-state index in [1.54, 1.807) is 39.2 Å². The quantitative estimate of drug-likeness (QED) is 0.224. The number of aryl methyl sites for hydroxylation is 1. The summed E-state index contributed by atoms with van der Waals surface area (Å²) in [5, 5.41) is 16.1. The Balaban J connectivity index is 1.55. The average Bonchev–Trinajstić information content (AvgIpc) is 3.31. The highest BCUT2D eigenvalue weighted by Gasteiger charge is 2.30. The van der Waals surface area contributed by atoms with Crippen molar-refractivity contribution in [3.8, 4) is 28.4 Å². The standard InChI is InChI=1S/C32H40N6O6S/c1-17(39)33-22-11-9-19-15-26(42-2)28(43-3)29(44-4)27(19)20-10-12-23(25(40)16-21(20)22)34-24(13-14-45-5)31(41)36-32-35-30(37-38-32)18-7-6-8-18/h10,12,15-16,18,22,24H,6-9,11,13-14H2,1-5H3,(H,33,39)(H,34,40)(H2,35,36,37,38,41). The fourth-order valence-electron chi connectivity index (χ4n) is 5.91. The van der Waals surface area contributed by atoms with Crippen LogP contribution in [0.15, 0.2) is 29.1 Å². The maximum Gasteiger partial charge on any atom is 0.249 e. The Kier molecular flexibility index (Phi) is 10.2. The molecule has 12 nitrogen and oxygen atoms in total. The minimum atomic E-state index is -0.727. The number of nitrogens with one attached hydrogen (secondary N) is 4. The molecule has 0 bridgehead atoms. The Bertz CT molecular complexity index is 1620. The number of hydrogen-bond acceptors (Lipinski definition) is 10. The van der Waals surface area contributed by atoms with Gasteiger partial charge in [0.15, 0.2) is 11.5 Å². The highest BCUT2D eigenvalue weighted by Crippen LogP contribution is 2.50. The molecule has 0 radical (unpaired) electrons. The SMILES string of the molecule is COc1cc2c(c(OC)c1OC)-c1ccc(NC(CCSC)C(=O)Nc3n[nH]c(C4CCC4)n3)c(=O)cc1C(NC(C)=O)CC2. The number of fused-ring (bicyclic) bond motifs is 3. The minimum Gasteiger partial charge on any atom is -0.493 e. The molecule has 2 amide bonds. The third kappa shape index (κ3) is 6.87. The number of methoxy groups -OCH3 is 3. The summed E-state index contributed by atoms with van der Waals surface area (Å²) in [6.07, 6.45) is 6.84. The number of H-pyrrole nitrogens is 1. The van der Waals surface area contributed by atoms with Crippen molar-refractivity contribution in [2.24, 2.45) is 0 Å². The van der Waals surface area contributed by atoms with Gasteiger partial charge in [0.05, 0.1) is 33.1 Å². The van der Waals surface area contributed by atoms with E-state index in [1.165, 1.54) is 13.0 Å². The first kappa shape index (κ1) is 32.1. The number of benzene rings is 1. The van der Waals surface area contributed by atoms with Crippen molar-refractivity contribution in [2.75, 3.05) is 44.0 Å². The smallest absolute Gasteiger partial charge is 0.249 e. The summed E-state index contributed by atoms with van der Waals surface area (Å²) in [5.41, 5.74) is 2.96. The third-order valence-electron chi connectivity index (χ3n) is 8.40. The second-order valence-corrected chi connectivity index (χ2v) is 12.2. The van der Waals surface area contributed by atoms with Crippen LogP contribution in [0.25, 0.3) is 11.1 Å². The van der Waals surface area contributed by atoms with Crippen molar-refractivity contribution in [3.05, 3.63) is 51.4 Å². The van der Waals surface area contributed by atoms with Crippen molar-refractivity contribution >= 4 is 35.2 Å². The molecule has 2 aromatic carbocycles. The molecule has 4 N–H and O–H groups in total. The average molecular weight is 637 g/mol. The lowest BCUT2D eigenvalue weighted by atomic mass is 9.85. The number of amides is 2. The third-order valence-corrected chi connectivity index (χ3v) is 9.05. The molecular formula is C32H40N6O6S. The van der Waals surface area contributed by atoms with Crippen LogP contribution in [0.1, 0.15) is 67.9 Å². The van der Waals surface area contributed by atoms with Crippen LogP contribution in [0.2, 0.25) is 0 Å². The number of thioether (sulfide) groups is 1. The van der Waals surface area contributed by atoms with Crippen LogP contribution < -0.4 is 35.6 Å². The molecular weight excluding hydrogens is 596 g/mol. The van der Waals surface area contributed by atoms with Gasteiger partial charge < -0.3 is 24.8 Å². The van der Waals surface area contributed by atoms with Crippen molar-refractivity contribution in [2.45, 2.75) is 63.5 Å². The zero-order valence-electron chi connectivity index (χ0n) is 26.2. The molecule has 0 saturated heterocycles. The van der Waals surface area contributed by atoms with Gasteiger partial charge in [-0.15, -0.1) is 5.10 Å². The van der Waals surface area contributed by atoms with Gasteiger partial charge in [0.25, 0.3) is 0 Å². The lowest BCUT2D eigenvalue weighted by Gasteiger charge is -2.22. The Morgan fingerprint density at radius 2 is 1.87 bits per heavy atom. The molecule has 2 atom stereocenters. The molecule has 1 fully saturated rings. The van der Waals surface area contributed by atoms with E-state index in [0.29, 0.717) is 59.3 Å². The largest absolute Gasteiger partial charge is 0.493 e. The Labute approximate surface area is 266 Å². The topological polar surface area (TPSA) is 157 Å². The summed E-state index contributed by atoms with van der Waals surface area (Å²) in [5.74, 6) is 2.90. The second-order valence-electron chi connectivity index (χ2n) is 11.2. The van der Waals surface area contributed by atoms with Crippen LogP contribution in [0.5, 0.6) is 17.2 Å². The summed E-state index contributed by atoms with van der Waals surface area (Å²) in [6, 6.07) is 5.78. The van der Waals surface area contributed by atoms with Gasteiger partial charge in [-0.05, 0) is 79.0 Å². The molecule has 45 heavy (non-hydrogen) atoms. The summed E-state index contributed by atoms with van der Waals surface area (Å²) >= 11 is 1.60. The molecule has 5 rings (SSSR count). The highest BCUT2D eigenvalue weighted by molar-refractivity contribution is 7.98. The molecule has 1 heterocycles. The lowest BCUT2D eigenvalue weighted by Crippen LogP contribution is -2.36. The van der Waals surface area contributed by atoms with E-state index in [9.17, 15) is 14.4 Å². The van der Waals surface area contributed by atoms with E-state index in [-0.39, 0.29) is 28.9 Å². The van der Waals surface area contributed by atoms with Gasteiger partial charge in [0.2, 0.25) is 28.9 Å². The van der Waals surface area contributed by atoms with E-state index in [4.69, 9.17) is 14.2 Å². The van der Waals surface area contributed by atoms with Crippen LogP contribution >= 0.6 is 11.8 Å². The normalized spacial score (nSPS) is 16.2. The van der Waals surface area contributed by atoms with Crippen molar-refractivity contribution in [1.82, 2.24) is 20.5 Å². The Morgan fingerprint density at radius 1 is 1.09 bits per heavy atom. The van der Waals surface area contributed by atoms with E-state index < -0.39 is 12.1 Å². The summed E-state index contributed by atoms with van der Waals surface area (Å²) < 4.78 is 17.1. The van der Waals surface area contributed by atoms with Gasteiger partial charge in [-0.25, -0.2) is 0 Å². The van der Waals surface area contributed by atoms with E-state index in [1.807, 2.05) is 18.4 Å². The molecule has 2 aliphatic rings. The number of hydrogen-bond donors (Lipinski definition) is 4. The number of rotatable bonds is 12. The molecule has 0 aliphatic heterocycles. The van der Waals surface area contributed by atoms with E-state index in [0.717, 1.165) is 36.2 Å². The van der Waals surface area contributed by atoms with Gasteiger partial charge in [-0.1, -0.05) is 12.5 Å². The highest BCUT2D eigenvalue weighted by atomic mass is 32.2. The van der Waals surface area contributed by atoms with E-state index in [2.05, 4.69) is 31.1 Å². The molecule has 240 valence electrons. The first-order valence-corrected chi connectivity index (χ1v) is 16.4. The fourth-order valence-corrected chi connectivity index (χ4v) is 6.38. The molecule has 1 aromatic heterocycles. The number of aromatic amines is 1. The first-order valence-electron chi connectivity index (χ1n) is 15.0. The van der Waals surface area contributed by atoms with Gasteiger partial charge in [-0.2, -0.15) is 16.7 Å². The predicted octanol–water partition coefficient (Wildman–Crippen LogP) is 4.42. The van der Waals surface area contributed by atoms with Crippen LogP contribution in [0.4, 0.5) is 11.6 Å². The van der Waals surface area contributed by atoms with E-state index >= 15 is 0 Å². The van der Waals surface area contributed by atoms with Crippen LogP contribution in [-0.2, 0) is 16.0 Å². The molecule has 1 saturated carbocycles. The maximum atomic E-state index is 13.8. The van der Waals surface area contributed by atoms with Gasteiger partial charge in [0, 0.05) is 18.4 Å². The number of aromatic nitrogens is 3. The number of anilines is 2. The number of carbonyl (C=O) groups is 2. The van der Waals surface area contributed by atoms with Crippen LogP contribution in [-0.4, -0.2) is 66.4 Å². The summed E-state index contributed by atoms with van der Waals surface area (Å²) in [4.78, 5) is 44.0. The van der Waals surface area contributed by atoms with Crippen molar-refractivity contribution in [1.29, 1.82) is 0 Å². The zero-order valence-corrected chi connectivity index (χ0v) is 27.1. The molecule has 0 spiro atoms. The van der Waals surface area contributed by atoms with Gasteiger partial charge >= 0.3 is 0 Å². The molecule has 2 unspecified atom stereocenters. The minimum absolute atomic E-state index is 0.211. The predicted molar refractivity (Wildman–Crippen MR) is 175 cm³/mol. The Morgan fingerprint density at radius 3 is 2.51 bits per heavy atom. The molecule has 3 aromatic rings. The summed E-state index contributed by atoms with van der Waals surface area (Å²) in [7, 11) is 4.66. The Hall–Kier alpha value is -4.26. The van der Waals surface area contributed by atoms with Gasteiger partial charge in [0.1, 0.15) is 11.9 Å². The number of ether oxygens (including phenoxy) is 3. The molecule has 13 heteroatoms. The van der Waals surface area contributed by atoms with Crippen molar-refractivity contribution in [3.63, 3.8) is 0 Å². The second kappa shape index (κ2) is 14.2. The molecule has 2 aliphatic carbocycles. The van der Waals surface area contributed by atoms with Crippen LogP contribution in [0, 0.1) is 0 Å². The zero-order chi connectivity index (χ0) is 32.1. The first-order chi connectivity index (χ1) is 21.8. The fraction of sp³-hybridized carbons (Fsp3) is 0.469. The number of carbonyl (C=O) groups excluding carboxylic acids is 2. The number of nitrogens with zero attached hydrogens (tertiary/aromatic N) is 2. The monoisotopic (exact) mass is 636 g/mol. The van der Waals surface area contributed by atoms with Gasteiger partial charge in [-0.3, -0.25) is 24.8 Å².